The molecule has 0 atom stereocenters. The number of aromatic nitrogens is 5. The molecule has 0 saturated carbocycles. The Morgan fingerprint density at radius 2 is 1.81 bits per heavy atom. The van der Waals surface area contributed by atoms with Crippen LogP contribution in [0.15, 0.2) is 18.3 Å². The summed E-state index contributed by atoms with van der Waals surface area (Å²) in [6, 6.07) is 4.43. The van der Waals surface area contributed by atoms with Crippen LogP contribution in [0.3, 0.4) is 0 Å². The fourth-order valence-corrected chi connectivity index (χ4v) is 2.56. The van der Waals surface area contributed by atoms with Gasteiger partial charge in [0, 0.05) is 32.4 Å². The van der Waals surface area contributed by atoms with Gasteiger partial charge in [0.1, 0.15) is 5.82 Å². The van der Waals surface area contributed by atoms with Crippen molar-refractivity contribution in [2.75, 3.05) is 36.0 Å². The monoisotopic (exact) mass is 287 g/mol. The van der Waals surface area contributed by atoms with Crippen molar-refractivity contribution < 1.29 is 0 Å². The van der Waals surface area contributed by atoms with Crippen molar-refractivity contribution in [1.82, 2.24) is 25.2 Å². The molecule has 0 bridgehead atoms. The summed E-state index contributed by atoms with van der Waals surface area (Å²) in [5.41, 5.74) is 1.24. The van der Waals surface area contributed by atoms with E-state index in [0.29, 0.717) is 0 Å². The molecule has 1 saturated heterocycles. The first kappa shape index (κ1) is 13.8. The van der Waals surface area contributed by atoms with Gasteiger partial charge >= 0.3 is 0 Å². The number of hydrogen-bond acceptors (Lipinski definition) is 6. The molecule has 0 aromatic carbocycles. The van der Waals surface area contributed by atoms with Crippen LogP contribution in [0.1, 0.15) is 25.5 Å². The molecule has 2 aromatic rings. The number of anilines is 2. The van der Waals surface area contributed by atoms with Gasteiger partial charge in [0.25, 0.3) is 0 Å². The molecule has 0 N–H and O–H groups in total. The standard InChI is InChI=1S/C14H21N7/c1-11(2)21-14(16-17-18-21)20-8-6-19(7-9-20)13-10-12(3)4-5-15-13/h4-5,10-11H,6-9H2,1-3H3. The van der Waals surface area contributed by atoms with E-state index in [0.717, 1.165) is 37.9 Å². The Bertz CT molecular complexity index is 599. The van der Waals surface area contributed by atoms with Crippen LogP contribution < -0.4 is 9.80 Å². The predicted octanol–water partition coefficient (Wildman–Crippen LogP) is 1.28. The van der Waals surface area contributed by atoms with Crippen LogP contribution in [0.4, 0.5) is 11.8 Å². The maximum absolute atomic E-state index is 4.46. The minimum Gasteiger partial charge on any atom is -0.353 e. The Morgan fingerprint density at radius 3 is 2.48 bits per heavy atom. The number of rotatable bonds is 3. The van der Waals surface area contributed by atoms with Gasteiger partial charge in [0.2, 0.25) is 5.95 Å². The highest BCUT2D eigenvalue weighted by Crippen LogP contribution is 2.19. The maximum Gasteiger partial charge on any atom is 0.245 e. The molecule has 0 amide bonds. The highest BCUT2D eigenvalue weighted by atomic mass is 15.6. The van der Waals surface area contributed by atoms with E-state index in [-0.39, 0.29) is 6.04 Å². The second-order valence-electron chi connectivity index (χ2n) is 5.68. The highest BCUT2D eigenvalue weighted by molar-refractivity contribution is 5.43. The maximum atomic E-state index is 4.46. The van der Waals surface area contributed by atoms with Crippen LogP contribution in [-0.2, 0) is 0 Å². The molecule has 21 heavy (non-hydrogen) atoms. The summed E-state index contributed by atoms with van der Waals surface area (Å²) in [4.78, 5) is 9.01. The van der Waals surface area contributed by atoms with Crippen molar-refractivity contribution in [3.63, 3.8) is 0 Å². The molecule has 0 unspecified atom stereocenters. The minimum atomic E-state index is 0.270. The van der Waals surface area contributed by atoms with Crippen molar-refractivity contribution in [2.45, 2.75) is 26.8 Å². The molecule has 3 heterocycles. The first-order valence-corrected chi connectivity index (χ1v) is 7.35. The van der Waals surface area contributed by atoms with Gasteiger partial charge in [-0.3, -0.25) is 0 Å². The predicted molar refractivity (Wildman–Crippen MR) is 81.6 cm³/mol. The number of pyridine rings is 1. The third-order valence-electron chi connectivity index (χ3n) is 3.75. The van der Waals surface area contributed by atoms with Gasteiger partial charge in [-0.15, -0.1) is 0 Å². The van der Waals surface area contributed by atoms with Crippen LogP contribution in [0, 0.1) is 6.92 Å². The summed E-state index contributed by atoms with van der Waals surface area (Å²) < 4.78 is 1.88. The smallest absolute Gasteiger partial charge is 0.245 e. The number of hydrogen-bond donors (Lipinski definition) is 0. The van der Waals surface area contributed by atoms with Gasteiger partial charge in [-0.05, 0) is 48.9 Å². The van der Waals surface area contributed by atoms with E-state index in [4.69, 9.17) is 0 Å². The van der Waals surface area contributed by atoms with E-state index in [1.165, 1.54) is 5.56 Å². The van der Waals surface area contributed by atoms with Gasteiger partial charge in [-0.25, -0.2) is 9.67 Å². The molecule has 0 aliphatic carbocycles. The molecule has 1 fully saturated rings. The summed E-state index contributed by atoms with van der Waals surface area (Å²) in [7, 11) is 0. The molecular weight excluding hydrogens is 266 g/mol. The first-order chi connectivity index (χ1) is 10.1. The van der Waals surface area contributed by atoms with Gasteiger partial charge in [-0.2, -0.15) is 0 Å². The number of nitrogens with zero attached hydrogens (tertiary/aromatic N) is 7. The summed E-state index contributed by atoms with van der Waals surface area (Å²) in [6.45, 7) is 9.95. The van der Waals surface area contributed by atoms with Gasteiger partial charge in [0.15, 0.2) is 0 Å². The van der Waals surface area contributed by atoms with Gasteiger partial charge in [-0.1, -0.05) is 5.10 Å². The van der Waals surface area contributed by atoms with Crippen molar-refractivity contribution in [3.05, 3.63) is 23.9 Å². The van der Waals surface area contributed by atoms with E-state index in [1.807, 2.05) is 16.9 Å². The van der Waals surface area contributed by atoms with Crippen molar-refractivity contribution in [2.24, 2.45) is 0 Å². The molecule has 3 rings (SSSR count). The molecule has 7 nitrogen and oxygen atoms in total. The van der Waals surface area contributed by atoms with Gasteiger partial charge < -0.3 is 9.80 Å². The number of tetrazole rings is 1. The SMILES string of the molecule is Cc1ccnc(N2CCN(c3nnnn3C(C)C)CC2)c1. The van der Waals surface area contributed by atoms with E-state index >= 15 is 0 Å². The largest absolute Gasteiger partial charge is 0.353 e. The molecule has 1 aliphatic rings. The van der Waals surface area contributed by atoms with E-state index in [1.54, 1.807) is 0 Å². The second kappa shape index (κ2) is 5.67. The fraction of sp³-hybridized carbons (Fsp3) is 0.571. The Hall–Kier alpha value is -2.18. The third kappa shape index (κ3) is 2.81. The van der Waals surface area contributed by atoms with Crippen molar-refractivity contribution >= 4 is 11.8 Å². The average molecular weight is 287 g/mol. The topological polar surface area (TPSA) is 63.0 Å². The summed E-state index contributed by atoms with van der Waals surface area (Å²) >= 11 is 0. The zero-order valence-corrected chi connectivity index (χ0v) is 12.8. The third-order valence-corrected chi connectivity index (χ3v) is 3.75. The molecule has 7 heteroatoms. The lowest BCUT2D eigenvalue weighted by Crippen LogP contribution is -2.47. The van der Waals surface area contributed by atoms with Crippen LogP contribution in [-0.4, -0.2) is 51.4 Å². The summed E-state index contributed by atoms with van der Waals surface area (Å²) in [6.07, 6.45) is 1.87. The highest BCUT2D eigenvalue weighted by Gasteiger charge is 2.23. The molecule has 112 valence electrons. The van der Waals surface area contributed by atoms with Gasteiger partial charge in [0.05, 0.1) is 6.04 Å². The van der Waals surface area contributed by atoms with E-state index < -0.39 is 0 Å². The molecule has 1 aliphatic heterocycles. The van der Waals surface area contributed by atoms with Crippen LogP contribution >= 0.6 is 0 Å². The Kier molecular flexibility index (Phi) is 3.72. The van der Waals surface area contributed by atoms with Crippen LogP contribution in [0.2, 0.25) is 0 Å². The summed E-state index contributed by atoms with van der Waals surface area (Å²) in [5.74, 6) is 1.92. The minimum absolute atomic E-state index is 0.270. The van der Waals surface area contributed by atoms with Crippen LogP contribution in [0.5, 0.6) is 0 Å². The Balaban J connectivity index is 1.69. The van der Waals surface area contributed by atoms with E-state index in [9.17, 15) is 0 Å². The molecule has 0 radical (unpaired) electrons. The van der Waals surface area contributed by atoms with Crippen molar-refractivity contribution in [3.8, 4) is 0 Å². The number of piperazine rings is 1. The number of aryl methyl sites for hydroxylation is 1. The second-order valence-corrected chi connectivity index (χ2v) is 5.68. The van der Waals surface area contributed by atoms with Crippen molar-refractivity contribution in [1.29, 1.82) is 0 Å². The Labute approximate surface area is 124 Å². The zero-order valence-electron chi connectivity index (χ0n) is 12.8. The quantitative estimate of drug-likeness (QED) is 0.847. The fourth-order valence-electron chi connectivity index (χ4n) is 2.56. The zero-order chi connectivity index (χ0) is 14.8. The molecule has 2 aromatic heterocycles. The summed E-state index contributed by atoms with van der Waals surface area (Å²) in [5, 5.41) is 12.0. The van der Waals surface area contributed by atoms with Crippen LogP contribution in [0.25, 0.3) is 0 Å². The lowest BCUT2D eigenvalue weighted by Gasteiger charge is -2.35. The molecular formula is C14H21N7. The lowest BCUT2D eigenvalue weighted by molar-refractivity contribution is 0.502. The Morgan fingerprint density at radius 1 is 1.10 bits per heavy atom. The lowest BCUT2D eigenvalue weighted by atomic mass is 10.2. The average Bonchev–Trinajstić information content (AvgIpc) is 2.97. The normalized spacial score (nSPS) is 15.8. The van der Waals surface area contributed by atoms with E-state index in [2.05, 4.69) is 57.1 Å². The first-order valence-electron chi connectivity index (χ1n) is 7.35. The molecule has 0 spiro atoms.